The van der Waals surface area contributed by atoms with Crippen LogP contribution >= 0.6 is 17.2 Å². The predicted octanol–water partition coefficient (Wildman–Crippen LogP) is 7.94. The van der Waals surface area contributed by atoms with Crippen LogP contribution in [0.5, 0.6) is 0 Å². The van der Waals surface area contributed by atoms with Gasteiger partial charge in [0, 0.05) is 5.56 Å². The molecule has 258 valence electrons. The maximum Gasteiger partial charge on any atom is 2.00 e. The van der Waals surface area contributed by atoms with Crippen molar-refractivity contribution in [3.8, 4) is 33.5 Å². The third-order valence-corrected chi connectivity index (χ3v) is 8.59. The molecule has 7 aromatic rings. The monoisotopic (exact) mass is 804 g/mol. The van der Waals surface area contributed by atoms with Crippen LogP contribution in [-0.2, 0) is 56.2 Å². The third kappa shape index (κ3) is 10.6. The molecule has 2 radical (unpaired) electrons. The van der Waals surface area contributed by atoms with Crippen LogP contribution in [0.2, 0.25) is 0 Å². The zero-order valence-corrected chi connectivity index (χ0v) is 32.3. The van der Waals surface area contributed by atoms with Gasteiger partial charge < -0.3 is 40.5 Å². The average Bonchev–Trinajstić information content (AvgIpc) is 3.78. The van der Waals surface area contributed by atoms with Crippen LogP contribution in [0.25, 0.3) is 77.6 Å². The van der Waals surface area contributed by atoms with Crippen molar-refractivity contribution in [2.45, 2.75) is 0 Å². The number of aromatic amines is 2. The predicted molar refractivity (Wildman–Crippen MR) is 200 cm³/mol. The van der Waals surface area contributed by atoms with E-state index < -0.39 is 12.2 Å². The van der Waals surface area contributed by atoms with E-state index in [-0.39, 0.29) is 54.3 Å². The fourth-order valence-corrected chi connectivity index (χ4v) is 5.97. The molecule has 2 amide bonds. The summed E-state index contributed by atoms with van der Waals surface area (Å²) in [6, 6.07) is 35.8. The van der Waals surface area contributed by atoms with Gasteiger partial charge in [-0.3, -0.25) is 9.59 Å². The molecule has 2 atom stereocenters. The summed E-state index contributed by atoms with van der Waals surface area (Å²) in [4.78, 5) is 55.0. The van der Waals surface area contributed by atoms with Gasteiger partial charge in [0.05, 0.1) is 48.3 Å². The molecule has 0 aliphatic rings. The number of fused-ring (bicyclic) bond motifs is 3. The van der Waals surface area contributed by atoms with E-state index in [2.05, 4.69) is 114 Å². The van der Waals surface area contributed by atoms with Gasteiger partial charge >= 0.3 is 37.1 Å². The first kappa shape index (κ1) is 41.6. The summed E-state index contributed by atoms with van der Waals surface area (Å²) < 4.78 is 7.56. The molecule has 4 N–H and O–H groups in total. The Morgan fingerprint density at radius 3 is 1.48 bits per heavy atom. The van der Waals surface area contributed by atoms with E-state index in [1.807, 2.05) is 18.1 Å². The number of hydrogen-bond donors (Lipinski definition) is 2. The number of benzene rings is 5. The Morgan fingerprint density at radius 2 is 1.02 bits per heavy atom. The Kier molecular flexibility index (Phi) is 15.8. The van der Waals surface area contributed by atoms with Gasteiger partial charge in [0.15, 0.2) is 0 Å². The van der Waals surface area contributed by atoms with Gasteiger partial charge in [-0.25, -0.2) is 22.0 Å². The summed E-state index contributed by atoms with van der Waals surface area (Å²) in [6.07, 6.45) is -0.231. The first-order valence-electron chi connectivity index (χ1n) is 14.7. The molecule has 52 heavy (non-hydrogen) atoms. The zero-order chi connectivity index (χ0) is 35.6. The van der Waals surface area contributed by atoms with E-state index in [4.69, 9.17) is 11.5 Å². The molecule has 0 aliphatic heterocycles. The van der Waals surface area contributed by atoms with Gasteiger partial charge in [0.2, 0.25) is 12.2 Å². The summed E-state index contributed by atoms with van der Waals surface area (Å²) in [5.74, 6) is 0. The van der Waals surface area contributed by atoms with Crippen molar-refractivity contribution in [3.63, 3.8) is 0 Å². The number of H-pyrrole nitrogens is 2. The van der Waals surface area contributed by atoms with E-state index in [9.17, 15) is 19.2 Å². The van der Waals surface area contributed by atoms with Crippen molar-refractivity contribution in [1.82, 2.24) is 19.9 Å². The minimum absolute atomic E-state index is 0. The van der Waals surface area contributed by atoms with Crippen molar-refractivity contribution in [2.75, 3.05) is 14.2 Å². The maximum absolute atomic E-state index is 10.7. The summed E-state index contributed by atoms with van der Waals surface area (Å²) >= 11 is 0. The van der Waals surface area contributed by atoms with Crippen molar-refractivity contribution in [1.29, 1.82) is 0 Å². The van der Waals surface area contributed by atoms with E-state index in [1.165, 1.54) is 10.8 Å². The van der Waals surface area contributed by atoms with E-state index in [0.29, 0.717) is 11.1 Å². The molecular weight excluding hydrogens is 776 g/mol. The minimum Gasteiger partial charge on any atom is -0.632 e. The van der Waals surface area contributed by atoms with Crippen molar-refractivity contribution in [3.05, 3.63) is 109 Å². The third-order valence-electron chi connectivity index (χ3n) is 7.43. The van der Waals surface area contributed by atoms with E-state index in [1.54, 1.807) is 6.20 Å². The fraction of sp³-hybridized carbons (Fsp3) is 0.0556. The van der Waals surface area contributed by atoms with Crippen LogP contribution in [0.4, 0.5) is 9.59 Å². The van der Waals surface area contributed by atoms with Crippen molar-refractivity contribution < 1.29 is 65.8 Å². The smallest absolute Gasteiger partial charge is 0.632 e. The summed E-state index contributed by atoms with van der Waals surface area (Å²) in [5, 5.41) is 4.63. The van der Waals surface area contributed by atoms with Crippen LogP contribution in [-0.4, -0.2) is 58.4 Å². The molecule has 0 saturated heterocycles. The number of amides is 2. The molecule has 12 nitrogen and oxygen atoms in total. The van der Waals surface area contributed by atoms with E-state index in [0.717, 1.165) is 69.5 Å². The second-order valence-electron chi connectivity index (χ2n) is 10.5. The quantitative estimate of drug-likeness (QED) is 0.120. The molecule has 2 aromatic heterocycles. The first-order chi connectivity index (χ1) is 24.2. The largest absolute Gasteiger partial charge is 2.00 e. The second kappa shape index (κ2) is 19.7. The van der Waals surface area contributed by atoms with Crippen LogP contribution in [0.1, 0.15) is 0 Å². The molecule has 5 aromatic carbocycles. The van der Waals surface area contributed by atoms with Crippen LogP contribution in [0, 0.1) is 0 Å². The van der Waals surface area contributed by atoms with Gasteiger partial charge in [-0.2, -0.15) is 17.2 Å². The summed E-state index contributed by atoms with van der Waals surface area (Å²) in [7, 11) is 2.14. The molecule has 0 bridgehead atoms. The van der Waals surface area contributed by atoms with Gasteiger partial charge in [0.1, 0.15) is 0 Å². The standard InChI is InChI=1S/C32H20N4O2P2.2C2H5NO2.2V/c37-17-39-31-33-16-30(36-31)27-8-7-23-12-21(4-6-25(23)14-27)19-1-2-22-13-24(5-3-20(22)11-19)26-9-10-28-29(15-26)35-32(34-28)40-18-38;2*1-5-2(3)4;;/h1-16,39-40H,(H,33,36)(H,34,35);2*1H3,(H2,3,4);;/q-2;;;2*+2/p-2. The number of aromatic nitrogens is 4. The van der Waals surface area contributed by atoms with Crippen molar-refractivity contribution in [2.24, 2.45) is 0 Å². The minimum atomic E-state index is -0.995. The van der Waals surface area contributed by atoms with Crippen LogP contribution < -0.4 is 11.1 Å². The zero-order valence-electron chi connectivity index (χ0n) is 27.5. The number of methoxy groups -OCH3 is 2. The molecule has 0 saturated carbocycles. The normalized spacial score (nSPS) is 10.5. The number of ether oxygens (including phenoxy) is 2. The van der Waals surface area contributed by atoms with Gasteiger partial charge in [0.25, 0.3) is 0 Å². The maximum atomic E-state index is 10.7. The average molecular weight is 804 g/mol. The number of nitrogens with one attached hydrogen (secondary N) is 4. The van der Waals surface area contributed by atoms with Gasteiger partial charge in [-0.05, 0) is 80.2 Å². The van der Waals surface area contributed by atoms with Crippen LogP contribution in [0.3, 0.4) is 0 Å². The number of carbonyl (C=O) groups is 2. The Balaban J connectivity index is 0.000000540. The first-order valence-corrected chi connectivity index (χ1v) is 16.7. The topological polar surface area (TPSA) is 192 Å². The summed E-state index contributed by atoms with van der Waals surface area (Å²) in [5.41, 5.74) is 21.5. The molecule has 0 fully saturated rings. The number of rotatable bonds is 7. The van der Waals surface area contributed by atoms with Crippen LogP contribution in [0.15, 0.2) is 97.2 Å². The molecule has 7 rings (SSSR count). The number of hydrogen-bond acceptors (Lipinski definition) is 8. The Labute approximate surface area is 325 Å². The van der Waals surface area contributed by atoms with Gasteiger partial charge in [-0.1, -0.05) is 54.6 Å². The molecular formula is C36H28N6O6P2V2. The molecule has 16 heteroatoms. The fourth-order valence-electron chi connectivity index (χ4n) is 5.07. The van der Waals surface area contributed by atoms with E-state index >= 15 is 0 Å². The van der Waals surface area contributed by atoms with Crippen molar-refractivity contribution >= 4 is 85.1 Å². The molecule has 2 heterocycles. The Hall–Kier alpha value is -4.79. The molecule has 0 spiro atoms. The van der Waals surface area contributed by atoms with Gasteiger partial charge in [-0.15, -0.1) is 0 Å². The molecule has 0 aliphatic carbocycles. The second-order valence-corrected chi connectivity index (χ2v) is 12.3. The number of nitrogens with zero attached hydrogens (tertiary/aromatic N) is 2. The number of imidazole rings is 2. The Bertz CT molecular complexity index is 2340. The number of carbonyl (C=O) groups excluding carboxylic acids is 4. The Morgan fingerprint density at radius 1 is 0.615 bits per heavy atom. The molecule has 2 unspecified atom stereocenters. The SMILES string of the molecule is COC([NH-])=O.COC([NH-])=O.O=[C-]Pc1ncc(-c2ccc3cc(-c4ccc5cc(-c6ccc7nc(P[C-]=O)[nH]c7c6)ccc5c4)ccc3c2)[nH]1.[V+2].[V+2]. The summed E-state index contributed by atoms with van der Waals surface area (Å²) in [6.45, 7) is 0.